The Bertz CT molecular complexity index is 1100. The van der Waals surface area contributed by atoms with Gasteiger partial charge in [-0.2, -0.15) is 0 Å². The molecule has 3 heterocycles. The molecule has 0 amide bonds. The van der Waals surface area contributed by atoms with Crippen LogP contribution in [0.25, 0.3) is 22.2 Å². The zero-order chi connectivity index (χ0) is 20.1. The standard InChI is InChI=1S/C23H24N2O4/c26-18-12-25-17-11-14(23(28)29)8-9-15(17)19(13-5-2-1-3-6-13)21(25)16-7-4-10-24-20(16)22(18)27/h4,7-11,13,18,22,26-27H,1-3,5-6,12H2,(H,28,29)/t18-,22-/m1/s1. The van der Waals surface area contributed by atoms with Crippen LogP contribution in [0.15, 0.2) is 36.5 Å². The van der Waals surface area contributed by atoms with Crippen molar-refractivity contribution in [3.05, 3.63) is 53.3 Å². The zero-order valence-electron chi connectivity index (χ0n) is 16.1. The Balaban J connectivity index is 1.87. The first-order valence-corrected chi connectivity index (χ1v) is 10.3. The first-order chi connectivity index (χ1) is 14.1. The van der Waals surface area contributed by atoms with Gasteiger partial charge in [-0.05, 0) is 48.6 Å². The number of carbonyl (C=O) groups is 1. The molecular formula is C23H24N2O4. The molecule has 2 atom stereocenters. The van der Waals surface area contributed by atoms with Gasteiger partial charge in [0, 0.05) is 22.7 Å². The van der Waals surface area contributed by atoms with E-state index < -0.39 is 18.2 Å². The first-order valence-electron chi connectivity index (χ1n) is 10.3. The minimum absolute atomic E-state index is 0.194. The number of aliphatic hydroxyl groups is 2. The SMILES string of the molecule is O=C(O)c1ccc2c(C3CCCCC3)c3n(c2c1)C[C@@H](O)[C@@H](O)c1ncccc1-3. The summed E-state index contributed by atoms with van der Waals surface area (Å²) in [6.07, 6.45) is 5.31. The Morgan fingerprint density at radius 2 is 1.90 bits per heavy atom. The number of aliphatic hydroxyl groups excluding tert-OH is 2. The smallest absolute Gasteiger partial charge is 0.335 e. The summed E-state index contributed by atoms with van der Waals surface area (Å²) in [5.74, 6) is -0.600. The number of rotatable bonds is 2. The largest absolute Gasteiger partial charge is 0.478 e. The van der Waals surface area contributed by atoms with E-state index in [-0.39, 0.29) is 12.1 Å². The minimum atomic E-state index is -1.08. The number of pyridine rings is 1. The van der Waals surface area contributed by atoms with Gasteiger partial charge in [-0.15, -0.1) is 0 Å². The molecule has 0 unspecified atom stereocenters. The number of hydrogen-bond acceptors (Lipinski definition) is 4. The summed E-state index contributed by atoms with van der Waals surface area (Å²) < 4.78 is 1.99. The lowest BCUT2D eigenvalue weighted by Crippen LogP contribution is -2.22. The molecule has 5 rings (SSSR count). The Morgan fingerprint density at radius 3 is 2.66 bits per heavy atom. The molecule has 3 N–H and O–H groups in total. The van der Waals surface area contributed by atoms with Crippen molar-refractivity contribution in [3.8, 4) is 11.3 Å². The van der Waals surface area contributed by atoms with E-state index in [1.807, 2.05) is 22.8 Å². The summed E-state index contributed by atoms with van der Waals surface area (Å²) in [5.41, 5.74) is 4.49. The maximum absolute atomic E-state index is 11.6. The lowest BCUT2D eigenvalue weighted by molar-refractivity contribution is 0.00883. The van der Waals surface area contributed by atoms with Crippen LogP contribution in [0.2, 0.25) is 0 Å². The fraction of sp³-hybridized carbons (Fsp3) is 0.391. The summed E-state index contributed by atoms with van der Waals surface area (Å²) in [6.45, 7) is 0.194. The molecule has 29 heavy (non-hydrogen) atoms. The highest BCUT2D eigenvalue weighted by Gasteiger charge is 2.34. The number of benzene rings is 1. The molecule has 1 aliphatic carbocycles. The lowest BCUT2D eigenvalue weighted by atomic mass is 9.81. The molecular weight excluding hydrogens is 368 g/mol. The Kier molecular flexibility index (Phi) is 4.41. The van der Waals surface area contributed by atoms with Gasteiger partial charge in [0.2, 0.25) is 0 Å². The van der Waals surface area contributed by atoms with Crippen molar-refractivity contribution < 1.29 is 20.1 Å². The molecule has 0 saturated heterocycles. The van der Waals surface area contributed by atoms with Crippen molar-refractivity contribution in [2.24, 2.45) is 0 Å². The van der Waals surface area contributed by atoms with Crippen LogP contribution in [0.5, 0.6) is 0 Å². The van der Waals surface area contributed by atoms with E-state index in [0.717, 1.165) is 35.0 Å². The van der Waals surface area contributed by atoms with Crippen LogP contribution in [0, 0.1) is 0 Å². The fourth-order valence-corrected chi connectivity index (χ4v) is 5.12. The molecule has 6 heteroatoms. The van der Waals surface area contributed by atoms with Crippen LogP contribution in [0.3, 0.4) is 0 Å². The van der Waals surface area contributed by atoms with Crippen LogP contribution in [-0.4, -0.2) is 36.9 Å². The molecule has 150 valence electrons. The Hall–Kier alpha value is -2.70. The first kappa shape index (κ1) is 18.3. The van der Waals surface area contributed by atoms with Gasteiger partial charge in [0.1, 0.15) is 12.2 Å². The maximum Gasteiger partial charge on any atom is 0.335 e. The second kappa shape index (κ2) is 6.97. The van der Waals surface area contributed by atoms with Crippen molar-refractivity contribution >= 4 is 16.9 Å². The number of fused-ring (bicyclic) bond motifs is 5. The summed E-state index contributed by atoms with van der Waals surface area (Å²) in [5, 5.41) is 31.9. The quantitative estimate of drug-likeness (QED) is 0.616. The molecule has 0 bridgehead atoms. The van der Waals surface area contributed by atoms with Gasteiger partial charge in [0.15, 0.2) is 0 Å². The zero-order valence-corrected chi connectivity index (χ0v) is 16.1. The highest BCUT2D eigenvalue weighted by molar-refractivity contribution is 5.98. The predicted molar refractivity (Wildman–Crippen MR) is 109 cm³/mol. The third kappa shape index (κ3) is 2.86. The Morgan fingerprint density at radius 1 is 1.10 bits per heavy atom. The highest BCUT2D eigenvalue weighted by Crippen LogP contribution is 2.47. The molecule has 1 aliphatic heterocycles. The van der Waals surface area contributed by atoms with Gasteiger partial charge < -0.3 is 19.9 Å². The fourth-order valence-electron chi connectivity index (χ4n) is 5.12. The number of carboxylic acid groups (broad SMARTS) is 1. The molecule has 3 aromatic rings. The summed E-state index contributed by atoms with van der Waals surface area (Å²) in [7, 11) is 0. The third-order valence-electron chi connectivity index (χ3n) is 6.47. The predicted octanol–water partition coefficient (Wildman–Crippen LogP) is 3.86. The number of carboxylic acids is 1. The molecule has 1 fully saturated rings. The van der Waals surface area contributed by atoms with Gasteiger partial charge >= 0.3 is 5.97 Å². The van der Waals surface area contributed by atoms with E-state index in [0.29, 0.717) is 11.6 Å². The van der Waals surface area contributed by atoms with Crippen molar-refractivity contribution in [2.45, 2.75) is 56.8 Å². The van der Waals surface area contributed by atoms with E-state index in [1.54, 1.807) is 18.3 Å². The molecule has 1 saturated carbocycles. The number of aromatic carboxylic acids is 1. The molecule has 0 spiro atoms. The van der Waals surface area contributed by atoms with Crippen LogP contribution < -0.4 is 0 Å². The van der Waals surface area contributed by atoms with Gasteiger partial charge in [0.05, 0.1) is 23.5 Å². The number of nitrogens with zero attached hydrogens (tertiary/aromatic N) is 2. The van der Waals surface area contributed by atoms with Crippen LogP contribution in [0.4, 0.5) is 0 Å². The normalized spacial score (nSPS) is 22.1. The van der Waals surface area contributed by atoms with E-state index >= 15 is 0 Å². The maximum atomic E-state index is 11.6. The van der Waals surface area contributed by atoms with Gasteiger partial charge in [-0.25, -0.2) is 4.79 Å². The van der Waals surface area contributed by atoms with Crippen LogP contribution in [0.1, 0.15) is 65.7 Å². The summed E-state index contributed by atoms with van der Waals surface area (Å²) >= 11 is 0. The number of hydrogen-bond donors (Lipinski definition) is 3. The van der Waals surface area contributed by atoms with E-state index in [9.17, 15) is 20.1 Å². The monoisotopic (exact) mass is 392 g/mol. The van der Waals surface area contributed by atoms with E-state index in [4.69, 9.17) is 0 Å². The van der Waals surface area contributed by atoms with Gasteiger partial charge in [-0.3, -0.25) is 4.98 Å². The van der Waals surface area contributed by atoms with E-state index in [1.165, 1.54) is 24.8 Å². The van der Waals surface area contributed by atoms with Crippen molar-refractivity contribution in [3.63, 3.8) is 0 Å². The molecule has 2 aromatic heterocycles. The molecule has 6 nitrogen and oxygen atoms in total. The van der Waals surface area contributed by atoms with Gasteiger partial charge in [-0.1, -0.05) is 25.3 Å². The van der Waals surface area contributed by atoms with Crippen LogP contribution in [-0.2, 0) is 6.54 Å². The van der Waals surface area contributed by atoms with Crippen molar-refractivity contribution in [1.29, 1.82) is 0 Å². The second-order valence-corrected chi connectivity index (χ2v) is 8.19. The lowest BCUT2D eigenvalue weighted by Gasteiger charge is -2.23. The average molecular weight is 392 g/mol. The molecule has 1 aromatic carbocycles. The molecule has 2 aliphatic rings. The van der Waals surface area contributed by atoms with E-state index in [2.05, 4.69) is 4.98 Å². The minimum Gasteiger partial charge on any atom is -0.478 e. The Labute approximate surface area is 168 Å². The average Bonchev–Trinajstić information content (AvgIpc) is 3.01. The van der Waals surface area contributed by atoms with Crippen LogP contribution >= 0.6 is 0 Å². The summed E-state index contributed by atoms with van der Waals surface area (Å²) in [4.78, 5) is 16.0. The summed E-state index contributed by atoms with van der Waals surface area (Å²) in [6, 6.07) is 9.04. The van der Waals surface area contributed by atoms with Crippen molar-refractivity contribution in [2.75, 3.05) is 0 Å². The highest BCUT2D eigenvalue weighted by atomic mass is 16.4. The third-order valence-corrected chi connectivity index (χ3v) is 6.47. The second-order valence-electron chi connectivity index (χ2n) is 8.19. The topological polar surface area (TPSA) is 95.6 Å². The number of aromatic nitrogens is 2. The van der Waals surface area contributed by atoms with Gasteiger partial charge in [0.25, 0.3) is 0 Å². The molecule has 0 radical (unpaired) electrons. The van der Waals surface area contributed by atoms with Crippen molar-refractivity contribution in [1.82, 2.24) is 9.55 Å².